The van der Waals surface area contributed by atoms with Gasteiger partial charge < -0.3 is 19.3 Å². The maximum absolute atomic E-state index is 12.1. The summed E-state index contributed by atoms with van der Waals surface area (Å²) < 4.78 is 5.36. The van der Waals surface area contributed by atoms with Crippen molar-refractivity contribution in [1.29, 1.82) is 0 Å². The number of carbonyl (C=O) groups is 3. The predicted octanol–water partition coefficient (Wildman–Crippen LogP) is 2.28. The highest BCUT2D eigenvalue weighted by Crippen LogP contribution is 2.16. The molecule has 0 fully saturated rings. The van der Waals surface area contributed by atoms with Crippen LogP contribution in [0.4, 0.5) is 0 Å². The van der Waals surface area contributed by atoms with E-state index < -0.39 is 5.97 Å². The van der Waals surface area contributed by atoms with Gasteiger partial charge in [0.25, 0.3) is 0 Å². The summed E-state index contributed by atoms with van der Waals surface area (Å²) in [5.74, 6) is -0.342. The van der Waals surface area contributed by atoms with Gasteiger partial charge in [0.15, 0.2) is 0 Å². The molecular weight excluding hydrogens is 312 g/mol. The van der Waals surface area contributed by atoms with Crippen molar-refractivity contribution in [2.24, 2.45) is 0 Å². The summed E-state index contributed by atoms with van der Waals surface area (Å²) >= 11 is 0. The molecule has 24 heavy (non-hydrogen) atoms. The fourth-order valence-corrected chi connectivity index (χ4v) is 2.47. The lowest BCUT2D eigenvalue weighted by molar-refractivity contribution is -0.132. The number of furan rings is 1. The summed E-state index contributed by atoms with van der Waals surface area (Å²) in [6.07, 6.45) is 1.12. The number of carbonyl (C=O) groups excluding carboxylic acids is 2. The van der Waals surface area contributed by atoms with Gasteiger partial charge in [-0.05, 0) is 33.3 Å². The van der Waals surface area contributed by atoms with Crippen molar-refractivity contribution in [3.8, 4) is 0 Å². The summed E-state index contributed by atoms with van der Waals surface area (Å²) in [5, 5.41) is 9.00. The van der Waals surface area contributed by atoms with Gasteiger partial charge in [-0.15, -0.1) is 0 Å². The molecule has 0 radical (unpaired) electrons. The van der Waals surface area contributed by atoms with Crippen LogP contribution in [0.3, 0.4) is 0 Å². The van der Waals surface area contributed by atoms with Gasteiger partial charge in [0.05, 0.1) is 6.54 Å². The molecule has 0 aliphatic rings. The topological polar surface area (TPSA) is 91.1 Å². The Morgan fingerprint density at radius 1 is 1.12 bits per heavy atom. The minimum Gasteiger partial charge on any atom is -0.478 e. The Bertz CT molecular complexity index is 590. The molecule has 0 unspecified atom stereocenters. The number of hydrogen-bond donors (Lipinski definition) is 1. The number of aryl methyl sites for hydroxylation is 1. The van der Waals surface area contributed by atoms with Crippen LogP contribution in [0.1, 0.15) is 55.0 Å². The third kappa shape index (κ3) is 5.40. The minimum atomic E-state index is -1.05. The molecule has 134 valence electrons. The summed E-state index contributed by atoms with van der Waals surface area (Å²) in [4.78, 5) is 38.2. The molecule has 7 heteroatoms. The van der Waals surface area contributed by atoms with Crippen molar-refractivity contribution < 1.29 is 23.9 Å². The molecule has 1 aromatic heterocycles. The second kappa shape index (κ2) is 9.10. The van der Waals surface area contributed by atoms with Gasteiger partial charge in [-0.25, -0.2) is 4.79 Å². The van der Waals surface area contributed by atoms with Crippen molar-refractivity contribution in [2.45, 2.75) is 46.6 Å². The van der Waals surface area contributed by atoms with E-state index in [1.165, 1.54) is 11.0 Å². The first-order chi connectivity index (χ1) is 11.3. The van der Waals surface area contributed by atoms with Crippen molar-refractivity contribution in [3.63, 3.8) is 0 Å². The van der Waals surface area contributed by atoms with Gasteiger partial charge in [-0.3, -0.25) is 9.59 Å². The summed E-state index contributed by atoms with van der Waals surface area (Å²) in [6, 6.07) is 1.44. The van der Waals surface area contributed by atoms with E-state index >= 15 is 0 Å². The highest BCUT2D eigenvalue weighted by molar-refractivity contribution is 5.88. The Balaban J connectivity index is 2.46. The van der Waals surface area contributed by atoms with Gasteiger partial charge in [0.2, 0.25) is 11.8 Å². The Morgan fingerprint density at radius 3 is 2.21 bits per heavy atom. The standard InChI is InChI=1S/C17H26N2O5/c1-5-19(6-2)16(21)9-7-8-15(20)18(4)11-13-10-14(17(22)23)12(3)24-13/h10H,5-9,11H2,1-4H3,(H,22,23). The largest absolute Gasteiger partial charge is 0.478 e. The molecule has 1 aromatic rings. The van der Waals surface area contributed by atoms with Gasteiger partial charge in [0, 0.05) is 33.0 Å². The highest BCUT2D eigenvalue weighted by Gasteiger charge is 2.17. The second-order valence-corrected chi connectivity index (χ2v) is 5.66. The van der Waals surface area contributed by atoms with Crippen LogP contribution in [-0.2, 0) is 16.1 Å². The molecule has 0 aliphatic carbocycles. The summed E-state index contributed by atoms with van der Waals surface area (Å²) in [5.41, 5.74) is 0.107. The maximum Gasteiger partial charge on any atom is 0.339 e. The molecule has 0 saturated carbocycles. The molecule has 0 atom stereocenters. The van der Waals surface area contributed by atoms with Gasteiger partial charge >= 0.3 is 5.97 Å². The maximum atomic E-state index is 12.1. The smallest absolute Gasteiger partial charge is 0.339 e. The van der Waals surface area contributed by atoms with Crippen LogP contribution in [-0.4, -0.2) is 52.8 Å². The number of rotatable bonds is 9. The van der Waals surface area contributed by atoms with E-state index in [-0.39, 0.29) is 30.3 Å². The Kier molecular flexibility index (Phi) is 7.48. The lowest BCUT2D eigenvalue weighted by Crippen LogP contribution is -2.31. The lowest BCUT2D eigenvalue weighted by atomic mass is 10.2. The molecular formula is C17H26N2O5. The van der Waals surface area contributed by atoms with E-state index in [1.807, 2.05) is 13.8 Å². The van der Waals surface area contributed by atoms with Crippen molar-refractivity contribution in [3.05, 3.63) is 23.2 Å². The number of carboxylic acid groups (broad SMARTS) is 1. The van der Waals surface area contributed by atoms with E-state index in [0.29, 0.717) is 37.5 Å². The molecule has 0 aromatic carbocycles. The first-order valence-electron chi connectivity index (χ1n) is 8.14. The average Bonchev–Trinajstić information content (AvgIpc) is 2.89. The fourth-order valence-electron chi connectivity index (χ4n) is 2.47. The quantitative estimate of drug-likeness (QED) is 0.746. The van der Waals surface area contributed by atoms with Crippen LogP contribution in [0, 0.1) is 6.92 Å². The monoisotopic (exact) mass is 338 g/mol. The van der Waals surface area contributed by atoms with Gasteiger partial charge in [-0.1, -0.05) is 0 Å². The average molecular weight is 338 g/mol. The molecule has 1 heterocycles. The third-order valence-corrected chi connectivity index (χ3v) is 3.92. The fraction of sp³-hybridized carbons (Fsp3) is 0.588. The van der Waals surface area contributed by atoms with E-state index in [9.17, 15) is 14.4 Å². The highest BCUT2D eigenvalue weighted by atomic mass is 16.4. The molecule has 7 nitrogen and oxygen atoms in total. The van der Waals surface area contributed by atoms with E-state index in [4.69, 9.17) is 9.52 Å². The number of amides is 2. The van der Waals surface area contributed by atoms with Crippen LogP contribution in [0.25, 0.3) is 0 Å². The number of carboxylic acids is 1. The van der Waals surface area contributed by atoms with Crippen molar-refractivity contribution in [1.82, 2.24) is 9.80 Å². The van der Waals surface area contributed by atoms with Crippen molar-refractivity contribution >= 4 is 17.8 Å². The van der Waals surface area contributed by atoms with Crippen LogP contribution in [0.5, 0.6) is 0 Å². The van der Waals surface area contributed by atoms with Crippen LogP contribution in [0.15, 0.2) is 10.5 Å². The zero-order valence-electron chi connectivity index (χ0n) is 14.8. The predicted molar refractivity (Wildman–Crippen MR) is 88.7 cm³/mol. The zero-order chi connectivity index (χ0) is 18.3. The number of nitrogens with zero attached hydrogens (tertiary/aromatic N) is 2. The number of aromatic carboxylic acids is 1. The molecule has 0 bridgehead atoms. The number of hydrogen-bond acceptors (Lipinski definition) is 4. The SMILES string of the molecule is CCN(CC)C(=O)CCCC(=O)N(C)Cc1cc(C(=O)O)c(C)o1. The van der Waals surface area contributed by atoms with Crippen LogP contribution in [0.2, 0.25) is 0 Å². The normalized spacial score (nSPS) is 10.5. The summed E-state index contributed by atoms with van der Waals surface area (Å²) in [7, 11) is 1.63. The zero-order valence-corrected chi connectivity index (χ0v) is 14.8. The van der Waals surface area contributed by atoms with E-state index in [2.05, 4.69) is 0 Å². The van der Waals surface area contributed by atoms with Crippen LogP contribution >= 0.6 is 0 Å². The first kappa shape index (κ1) is 19.7. The first-order valence-corrected chi connectivity index (χ1v) is 8.14. The Labute approximate surface area is 142 Å². The van der Waals surface area contributed by atoms with Crippen molar-refractivity contribution in [2.75, 3.05) is 20.1 Å². The van der Waals surface area contributed by atoms with Gasteiger partial charge in [-0.2, -0.15) is 0 Å². The Hall–Kier alpha value is -2.31. The molecule has 0 saturated heterocycles. The van der Waals surface area contributed by atoms with E-state index in [0.717, 1.165) is 0 Å². The summed E-state index contributed by atoms with van der Waals surface area (Å²) in [6.45, 7) is 6.98. The lowest BCUT2D eigenvalue weighted by Gasteiger charge is -2.19. The minimum absolute atomic E-state index is 0.0585. The second-order valence-electron chi connectivity index (χ2n) is 5.66. The molecule has 1 rings (SSSR count). The molecule has 1 N–H and O–H groups in total. The Morgan fingerprint density at radius 2 is 1.71 bits per heavy atom. The van der Waals surface area contributed by atoms with E-state index in [1.54, 1.807) is 18.9 Å². The van der Waals surface area contributed by atoms with Crippen LogP contribution < -0.4 is 0 Å². The molecule has 0 aliphatic heterocycles. The molecule has 0 spiro atoms. The van der Waals surface area contributed by atoms with Gasteiger partial charge in [0.1, 0.15) is 17.1 Å². The third-order valence-electron chi connectivity index (χ3n) is 3.92. The molecule has 2 amide bonds.